The smallest absolute Gasteiger partial charge is 0.0966 e. The number of hydrogen-bond donors (Lipinski definition) is 0. The molecule has 0 heterocycles. The van der Waals surface area contributed by atoms with E-state index in [4.69, 9.17) is 0 Å². The maximum absolute atomic E-state index is 2.41. The molecule has 0 unspecified atom stereocenters. The van der Waals surface area contributed by atoms with Crippen molar-refractivity contribution in [3.63, 3.8) is 0 Å². The van der Waals surface area contributed by atoms with E-state index < -0.39 is 0 Å². The maximum atomic E-state index is 2.41. The molecule has 0 rings (SSSR count). The van der Waals surface area contributed by atoms with Crippen LogP contribution in [-0.2, 0) is 0 Å². The quantitative estimate of drug-likeness (QED) is 0.416. The van der Waals surface area contributed by atoms with E-state index in [9.17, 15) is 0 Å². The van der Waals surface area contributed by atoms with E-state index in [0.29, 0.717) is 0 Å². The minimum absolute atomic E-state index is 0.318. The summed E-state index contributed by atoms with van der Waals surface area (Å²) in [4.78, 5) is 0. The fourth-order valence-electron chi connectivity index (χ4n) is 1.67. The Labute approximate surface area is 76.8 Å². The van der Waals surface area contributed by atoms with Gasteiger partial charge in [0.1, 0.15) is 0 Å². The first-order valence-corrected chi connectivity index (χ1v) is 7.52. The average Bonchev–Trinajstić information content (AvgIpc) is 1.97. The third kappa shape index (κ3) is 5.77. The molecule has 0 aromatic carbocycles. The van der Waals surface area contributed by atoms with Crippen molar-refractivity contribution < 1.29 is 0 Å². The molecule has 0 saturated carbocycles. The van der Waals surface area contributed by atoms with E-state index in [-0.39, 0.29) is 14.1 Å². The van der Waals surface area contributed by atoms with E-state index in [0.717, 1.165) is 4.78 Å². The van der Waals surface area contributed by atoms with Crippen LogP contribution in [0.5, 0.6) is 0 Å². The van der Waals surface area contributed by atoms with Crippen LogP contribution in [0.3, 0.4) is 0 Å². The topological polar surface area (TPSA) is 0 Å². The highest BCUT2D eigenvalue weighted by atomic mass is 27.2. The van der Waals surface area contributed by atoms with Crippen molar-refractivity contribution in [2.75, 3.05) is 0 Å². The van der Waals surface area contributed by atoms with E-state index in [1.807, 2.05) is 0 Å². The van der Waals surface area contributed by atoms with Gasteiger partial charge in [-0.15, -0.1) is 0 Å². The van der Waals surface area contributed by atoms with Gasteiger partial charge in [0, 0.05) is 0 Å². The molecule has 0 aliphatic rings. The monoisotopic (exact) mass is 170 g/mol. The minimum atomic E-state index is -0.318. The van der Waals surface area contributed by atoms with Crippen molar-refractivity contribution in [1.82, 2.24) is 0 Å². The number of rotatable bonds is 6. The first kappa shape index (κ1) is 11.5. The normalized spacial score (nSPS) is 10.6. The third-order valence-electron chi connectivity index (χ3n) is 2.65. The lowest BCUT2D eigenvalue weighted by atomic mass is 10.3. The second kappa shape index (κ2) is 7.20. The van der Waals surface area contributed by atoms with Crippen molar-refractivity contribution in [2.24, 2.45) is 0 Å². The largest absolute Gasteiger partial charge is 0.264 e. The minimum Gasteiger partial charge on any atom is -0.0966 e. The molecule has 0 aliphatic carbocycles. The Hall–Kier alpha value is 0.532. The van der Waals surface area contributed by atoms with Crippen LogP contribution in [-0.4, -0.2) is 14.1 Å². The summed E-state index contributed by atoms with van der Waals surface area (Å²) in [6.45, 7) is 9.49. The molecular formula is C10H23Al. The molecule has 0 amide bonds. The molecule has 0 aromatic heterocycles. The van der Waals surface area contributed by atoms with Gasteiger partial charge >= 0.3 is 0 Å². The van der Waals surface area contributed by atoms with Gasteiger partial charge in [-0.2, -0.15) is 0 Å². The molecule has 0 bridgehead atoms. The molecule has 0 nitrogen and oxygen atoms in total. The molecule has 66 valence electrons. The second-order valence-electron chi connectivity index (χ2n) is 3.91. The van der Waals surface area contributed by atoms with Crippen LogP contribution in [0.25, 0.3) is 0 Å². The van der Waals surface area contributed by atoms with Crippen LogP contribution in [0.15, 0.2) is 0 Å². The van der Waals surface area contributed by atoms with Gasteiger partial charge in [0.15, 0.2) is 0 Å². The Bertz CT molecular complexity index is 78.9. The van der Waals surface area contributed by atoms with Crippen LogP contribution in [0.4, 0.5) is 0 Å². The summed E-state index contributed by atoms with van der Waals surface area (Å²) in [5.41, 5.74) is 0. The first-order valence-electron chi connectivity index (χ1n) is 5.22. The number of hydrogen-bond acceptors (Lipinski definition) is 0. The van der Waals surface area contributed by atoms with Crippen LogP contribution < -0.4 is 0 Å². The van der Waals surface area contributed by atoms with Crippen LogP contribution in [0, 0.1) is 0 Å². The molecule has 11 heavy (non-hydrogen) atoms. The first-order chi connectivity index (χ1) is 5.22. The summed E-state index contributed by atoms with van der Waals surface area (Å²) in [7, 11) is 0. The van der Waals surface area contributed by atoms with Crippen molar-refractivity contribution >= 4 is 14.1 Å². The van der Waals surface area contributed by atoms with Crippen molar-refractivity contribution in [3.05, 3.63) is 0 Å². The van der Waals surface area contributed by atoms with Gasteiger partial charge in [0.05, 0.1) is 0 Å². The Morgan fingerprint density at radius 2 is 1.73 bits per heavy atom. The third-order valence-corrected chi connectivity index (χ3v) is 6.73. The lowest BCUT2D eigenvalue weighted by Crippen LogP contribution is -2.14. The molecule has 0 spiro atoms. The van der Waals surface area contributed by atoms with Gasteiger partial charge in [0.25, 0.3) is 14.1 Å². The lowest BCUT2D eigenvalue weighted by molar-refractivity contribution is 0.759. The van der Waals surface area contributed by atoms with E-state index in [1.54, 1.807) is 5.28 Å². The zero-order valence-corrected chi connectivity index (χ0v) is 9.84. The van der Waals surface area contributed by atoms with Gasteiger partial charge in [0.2, 0.25) is 0 Å². The molecule has 1 heteroatoms. The fourth-order valence-corrected chi connectivity index (χ4v) is 4.50. The standard InChI is InChI=1S/C5H11.C3H7.C2H5.Al/c1-3-5-4-2;1-3-2;1-2;/h1,3-5H2,2H3;3H,1-2H3;1H2,2H3;. The molecule has 0 saturated heterocycles. The van der Waals surface area contributed by atoms with Crippen LogP contribution in [0.2, 0.25) is 15.3 Å². The van der Waals surface area contributed by atoms with Gasteiger partial charge in [-0.3, -0.25) is 0 Å². The zero-order valence-electron chi connectivity index (χ0n) is 8.69. The second-order valence-corrected chi connectivity index (χ2v) is 8.16. The SMILES string of the molecule is CCCC[CH2][Al]([CH2]C)[CH](C)C. The van der Waals surface area contributed by atoms with E-state index in [1.165, 1.54) is 24.5 Å². The summed E-state index contributed by atoms with van der Waals surface area (Å²) in [6, 6.07) is 0. The Morgan fingerprint density at radius 1 is 1.09 bits per heavy atom. The van der Waals surface area contributed by atoms with Crippen molar-refractivity contribution in [2.45, 2.75) is 62.3 Å². The summed E-state index contributed by atoms with van der Waals surface area (Å²) in [6.07, 6.45) is 4.33. The molecule has 0 aliphatic heterocycles. The van der Waals surface area contributed by atoms with Crippen LogP contribution >= 0.6 is 0 Å². The highest BCUT2D eigenvalue weighted by Crippen LogP contribution is 2.18. The van der Waals surface area contributed by atoms with E-state index in [2.05, 4.69) is 27.7 Å². The maximum Gasteiger partial charge on any atom is 0.264 e. The van der Waals surface area contributed by atoms with Gasteiger partial charge in [-0.05, 0) is 0 Å². The van der Waals surface area contributed by atoms with Gasteiger partial charge in [-0.1, -0.05) is 62.3 Å². The molecule has 0 fully saturated rings. The molecule has 0 N–H and O–H groups in total. The van der Waals surface area contributed by atoms with Crippen molar-refractivity contribution in [1.29, 1.82) is 0 Å². The lowest BCUT2D eigenvalue weighted by Gasteiger charge is -2.12. The zero-order chi connectivity index (χ0) is 8.69. The predicted octanol–water partition coefficient (Wildman–Crippen LogP) is 4.10. The highest BCUT2D eigenvalue weighted by Gasteiger charge is 2.17. The summed E-state index contributed by atoms with van der Waals surface area (Å²) in [5.74, 6) is 0. The Morgan fingerprint density at radius 3 is 2.09 bits per heavy atom. The molecule has 0 aromatic rings. The summed E-state index contributed by atoms with van der Waals surface area (Å²) in [5, 5.41) is 3.09. The summed E-state index contributed by atoms with van der Waals surface area (Å²) >= 11 is -0.318. The van der Waals surface area contributed by atoms with Crippen LogP contribution in [0.1, 0.15) is 47.0 Å². The average molecular weight is 170 g/mol. The molecule has 0 radical (unpaired) electrons. The fraction of sp³-hybridized carbons (Fsp3) is 1.00. The Balaban J connectivity index is 3.36. The summed E-state index contributed by atoms with van der Waals surface area (Å²) < 4.78 is 1.02. The number of unbranched alkanes of at least 4 members (excludes halogenated alkanes) is 2. The molecular weight excluding hydrogens is 147 g/mol. The van der Waals surface area contributed by atoms with Crippen molar-refractivity contribution in [3.8, 4) is 0 Å². The Kier molecular flexibility index (Phi) is 7.54. The highest BCUT2D eigenvalue weighted by molar-refractivity contribution is 6.60. The van der Waals surface area contributed by atoms with E-state index >= 15 is 0 Å². The van der Waals surface area contributed by atoms with Gasteiger partial charge < -0.3 is 0 Å². The van der Waals surface area contributed by atoms with Gasteiger partial charge in [-0.25, -0.2) is 0 Å². The predicted molar refractivity (Wildman–Crippen MR) is 55.7 cm³/mol. The molecule has 0 atom stereocenters.